The molecule has 0 heterocycles. The van der Waals surface area contributed by atoms with Crippen molar-refractivity contribution in [2.75, 3.05) is 24.6 Å². The Morgan fingerprint density at radius 3 is 2.04 bits per heavy atom. The third-order valence-corrected chi connectivity index (χ3v) is 4.42. The molecule has 4 heteroatoms. The van der Waals surface area contributed by atoms with Crippen LogP contribution in [0, 0.1) is 0 Å². The molecule has 0 unspecified atom stereocenters. The zero-order valence-electron chi connectivity index (χ0n) is 14.3. The first-order valence-electron chi connectivity index (χ1n) is 8.37. The van der Waals surface area contributed by atoms with E-state index in [4.69, 9.17) is 4.74 Å². The van der Waals surface area contributed by atoms with Crippen LogP contribution >= 0.6 is 0 Å². The van der Waals surface area contributed by atoms with Crippen molar-refractivity contribution in [1.82, 2.24) is 0 Å². The molecule has 24 heavy (non-hydrogen) atoms. The number of ketones is 2. The third-order valence-electron chi connectivity index (χ3n) is 4.42. The minimum absolute atomic E-state index is 0.118. The van der Waals surface area contributed by atoms with Crippen molar-refractivity contribution < 1.29 is 14.3 Å². The highest BCUT2D eigenvalue weighted by molar-refractivity contribution is 6.29. The molecular formula is C20H21NO3. The second-order valence-corrected chi connectivity index (χ2v) is 5.65. The summed E-state index contributed by atoms with van der Waals surface area (Å²) < 4.78 is 5.84. The number of anilines is 1. The Morgan fingerprint density at radius 2 is 1.46 bits per heavy atom. The van der Waals surface area contributed by atoms with Gasteiger partial charge in [0.2, 0.25) is 0 Å². The summed E-state index contributed by atoms with van der Waals surface area (Å²) in [6, 6.07) is 10.6. The van der Waals surface area contributed by atoms with Crippen molar-refractivity contribution in [1.29, 1.82) is 0 Å². The van der Waals surface area contributed by atoms with Crippen molar-refractivity contribution in [3.63, 3.8) is 0 Å². The molecule has 0 amide bonds. The SMILES string of the molecule is CCOc1c(N(CC)CC)ccc2c1C(=O)c1ccccc1C2=O. The lowest BCUT2D eigenvalue weighted by Gasteiger charge is -2.27. The van der Waals surface area contributed by atoms with Gasteiger partial charge in [0.15, 0.2) is 17.3 Å². The summed E-state index contributed by atoms with van der Waals surface area (Å²) >= 11 is 0. The fourth-order valence-electron chi connectivity index (χ4n) is 3.25. The number of hydrogen-bond donors (Lipinski definition) is 0. The number of carbonyl (C=O) groups is 2. The first-order chi connectivity index (χ1) is 11.6. The van der Waals surface area contributed by atoms with Crippen LogP contribution in [0.1, 0.15) is 52.6 Å². The summed E-state index contributed by atoms with van der Waals surface area (Å²) in [4.78, 5) is 28.0. The minimum atomic E-state index is -0.141. The lowest BCUT2D eigenvalue weighted by atomic mass is 9.83. The number of nitrogens with zero attached hydrogens (tertiary/aromatic N) is 1. The van der Waals surface area contributed by atoms with Crippen LogP contribution in [0.25, 0.3) is 0 Å². The number of rotatable bonds is 5. The van der Waals surface area contributed by atoms with E-state index >= 15 is 0 Å². The zero-order valence-corrected chi connectivity index (χ0v) is 14.3. The van der Waals surface area contributed by atoms with Crippen LogP contribution in [-0.2, 0) is 0 Å². The molecule has 0 bridgehead atoms. The number of fused-ring (bicyclic) bond motifs is 2. The van der Waals surface area contributed by atoms with Crippen LogP contribution in [0.5, 0.6) is 5.75 Å². The van der Waals surface area contributed by atoms with Gasteiger partial charge in [-0.05, 0) is 32.9 Å². The molecule has 0 saturated heterocycles. The maximum Gasteiger partial charge on any atom is 0.198 e. The minimum Gasteiger partial charge on any atom is -0.491 e. The lowest BCUT2D eigenvalue weighted by Crippen LogP contribution is -2.26. The van der Waals surface area contributed by atoms with Gasteiger partial charge in [0.1, 0.15) is 0 Å². The third kappa shape index (κ3) is 2.39. The van der Waals surface area contributed by atoms with Gasteiger partial charge >= 0.3 is 0 Å². The summed E-state index contributed by atoms with van der Waals surface area (Å²) in [5.74, 6) is 0.261. The summed E-state index contributed by atoms with van der Waals surface area (Å²) in [5.41, 5.74) is 2.60. The Bertz CT molecular complexity index is 807. The van der Waals surface area contributed by atoms with Crippen molar-refractivity contribution >= 4 is 17.3 Å². The molecule has 0 aromatic heterocycles. The van der Waals surface area contributed by atoms with Gasteiger partial charge < -0.3 is 9.64 Å². The Kier molecular flexibility index (Phi) is 4.38. The topological polar surface area (TPSA) is 46.6 Å². The Morgan fingerprint density at radius 1 is 0.833 bits per heavy atom. The maximum atomic E-state index is 13.0. The molecule has 0 radical (unpaired) electrons. The van der Waals surface area contributed by atoms with E-state index in [1.165, 1.54) is 0 Å². The van der Waals surface area contributed by atoms with Gasteiger partial charge in [0, 0.05) is 29.8 Å². The highest BCUT2D eigenvalue weighted by atomic mass is 16.5. The second kappa shape index (κ2) is 6.48. The average molecular weight is 323 g/mol. The standard InChI is InChI=1S/C20H21NO3/c1-4-21(5-2)16-12-11-15-17(20(16)24-6-3)19(23)14-10-8-7-9-13(14)18(15)22/h7-12H,4-6H2,1-3H3. The predicted molar refractivity (Wildman–Crippen MR) is 94.5 cm³/mol. The largest absolute Gasteiger partial charge is 0.491 e. The molecule has 0 spiro atoms. The van der Waals surface area contributed by atoms with Crippen molar-refractivity contribution in [2.45, 2.75) is 20.8 Å². The molecule has 4 nitrogen and oxygen atoms in total. The van der Waals surface area contributed by atoms with Crippen LogP contribution in [0.2, 0.25) is 0 Å². The molecule has 3 rings (SSSR count). The highest BCUT2D eigenvalue weighted by Gasteiger charge is 2.33. The first-order valence-corrected chi connectivity index (χ1v) is 8.37. The van der Waals surface area contributed by atoms with Gasteiger partial charge in [-0.25, -0.2) is 0 Å². The van der Waals surface area contributed by atoms with E-state index < -0.39 is 0 Å². The van der Waals surface area contributed by atoms with Gasteiger partial charge in [0.05, 0.1) is 17.9 Å². The Labute approximate surface area is 142 Å². The summed E-state index contributed by atoms with van der Waals surface area (Å²) in [5, 5.41) is 0. The normalized spacial score (nSPS) is 12.6. The number of hydrogen-bond acceptors (Lipinski definition) is 4. The van der Waals surface area contributed by atoms with E-state index in [-0.39, 0.29) is 11.6 Å². The zero-order chi connectivity index (χ0) is 17.3. The van der Waals surface area contributed by atoms with Gasteiger partial charge in [-0.15, -0.1) is 0 Å². The smallest absolute Gasteiger partial charge is 0.198 e. The molecule has 1 aliphatic carbocycles. The summed E-state index contributed by atoms with van der Waals surface area (Å²) in [6.45, 7) is 8.03. The second-order valence-electron chi connectivity index (χ2n) is 5.65. The van der Waals surface area contributed by atoms with Gasteiger partial charge in [-0.2, -0.15) is 0 Å². The van der Waals surface area contributed by atoms with Crippen molar-refractivity contribution in [3.05, 3.63) is 58.7 Å². The molecule has 2 aromatic carbocycles. The predicted octanol–water partition coefficient (Wildman–Crippen LogP) is 3.71. The molecule has 0 fully saturated rings. The van der Waals surface area contributed by atoms with Crippen LogP contribution in [0.15, 0.2) is 36.4 Å². The summed E-state index contributed by atoms with van der Waals surface area (Å²) in [6.07, 6.45) is 0. The molecule has 0 aliphatic heterocycles. The molecular weight excluding hydrogens is 302 g/mol. The van der Waals surface area contributed by atoms with Gasteiger partial charge in [-0.3, -0.25) is 9.59 Å². The van der Waals surface area contributed by atoms with Crippen LogP contribution in [0.4, 0.5) is 5.69 Å². The van der Waals surface area contributed by atoms with E-state index in [1.807, 2.05) is 13.0 Å². The highest BCUT2D eigenvalue weighted by Crippen LogP contribution is 2.39. The lowest BCUT2D eigenvalue weighted by molar-refractivity contribution is 0.0976. The fraction of sp³-hybridized carbons (Fsp3) is 0.300. The van der Waals surface area contributed by atoms with E-state index in [0.29, 0.717) is 34.6 Å². The first kappa shape index (κ1) is 16.2. The Balaban J connectivity index is 2.26. The number of benzene rings is 2. The molecule has 124 valence electrons. The van der Waals surface area contributed by atoms with Crippen molar-refractivity contribution in [2.24, 2.45) is 0 Å². The number of ether oxygens (including phenoxy) is 1. The molecule has 0 saturated carbocycles. The molecule has 2 aromatic rings. The van der Waals surface area contributed by atoms with E-state index in [1.54, 1.807) is 30.3 Å². The maximum absolute atomic E-state index is 13.0. The van der Waals surface area contributed by atoms with Crippen LogP contribution < -0.4 is 9.64 Å². The summed E-state index contributed by atoms with van der Waals surface area (Å²) in [7, 11) is 0. The van der Waals surface area contributed by atoms with E-state index in [0.717, 1.165) is 18.8 Å². The van der Waals surface area contributed by atoms with E-state index in [2.05, 4.69) is 18.7 Å². The average Bonchev–Trinajstić information content (AvgIpc) is 2.61. The van der Waals surface area contributed by atoms with E-state index in [9.17, 15) is 9.59 Å². The molecule has 0 atom stereocenters. The molecule has 0 N–H and O–H groups in total. The van der Waals surface area contributed by atoms with Gasteiger partial charge in [0.25, 0.3) is 0 Å². The van der Waals surface area contributed by atoms with Gasteiger partial charge in [-0.1, -0.05) is 24.3 Å². The fourth-order valence-corrected chi connectivity index (χ4v) is 3.25. The number of carbonyl (C=O) groups excluding carboxylic acids is 2. The quantitative estimate of drug-likeness (QED) is 0.718. The van der Waals surface area contributed by atoms with Crippen molar-refractivity contribution in [3.8, 4) is 5.75 Å². The van der Waals surface area contributed by atoms with Crippen LogP contribution in [-0.4, -0.2) is 31.3 Å². The van der Waals surface area contributed by atoms with Crippen LogP contribution in [0.3, 0.4) is 0 Å². The monoisotopic (exact) mass is 323 g/mol. The Hall–Kier alpha value is -2.62. The molecule has 1 aliphatic rings.